The molecule has 0 radical (unpaired) electrons. The summed E-state index contributed by atoms with van der Waals surface area (Å²) in [6.45, 7) is 0. The molecule has 1 heteroatoms. The summed E-state index contributed by atoms with van der Waals surface area (Å²) in [5.41, 5.74) is 8.66. The van der Waals surface area contributed by atoms with E-state index in [4.69, 9.17) is 4.74 Å². The van der Waals surface area contributed by atoms with Gasteiger partial charge in [0.05, 0.1) is 7.11 Å². The van der Waals surface area contributed by atoms with Crippen LogP contribution in [0.3, 0.4) is 0 Å². The largest absolute Gasteiger partial charge is 0.497 e. The van der Waals surface area contributed by atoms with Crippen LogP contribution >= 0.6 is 0 Å². The Labute approximate surface area is 261 Å². The van der Waals surface area contributed by atoms with Crippen LogP contribution in [-0.4, -0.2) is 7.11 Å². The van der Waals surface area contributed by atoms with Crippen molar-refractivity contribution in [2.75, 3.05) is 7.11 Å². The van der Waals surface area contributed by atoms with Gasteiger partial charge in [-0.2, -0.15) is 0 Å². The zero-order chi connectivity index (χ0) is 30.0. The third kappa shape index (κ3) is 6.97. The van der Waals surface area contributed by atoms with Crippen molar-refractivity contribution in [1.82, 2.24) is 0 Å². The van der Waals surface area contributed by atoms with Gasteiger partial charge in [-0.25, -0.2) is 0 Å². The third-order valence-corrected chi connectivity index (χ3v) is 8.02. The van der Waals surface area contributed by atoms with Gasteiger partial charge in [0.25, 0.3) is 0 Å². The average Bonchev–Trinajstić information content (AvgIpc) is 3.10. The van der Waals surface area contributed by atoms with Crippen LogP contribution in [0.1, 0.15) is 39.3 Å². The van der Waals surface area contributed by atoms with E-state index >= 15 is 0 Å². The lowest BCUT2D eigenvalue weighted by molar-refractivity contribution is 0.414. The Morgan fingerprint density at radius 3 is 1.77 bits per heavy atom. The number of allylic oxidation sites excluding steroid dienone is 3. The zero-order valence-corrected chi connectivity index (χ0v) is 25.0. The summed E-state index contributed by atoms with van der Waals surface area (Å²) in [6.07, 6.45) is 11.9. The van der Waals surface area contributed by atoms with Gasteiger partial charge in [0.15, 0.2) is 0 Å². The van der Waals surface area contributed by atoms with Crippen LogP contribution in [0.15, 0.2) is 170 Å². The van der Waals surface area contributed by atoms with Crippen molar-refractivity contribution in [3.8, 4) is 5.75 Å². The number of methoxy groups -OCH3 is 1. The minimum atomic E-state index is 0.139. The molecule has 6 aromatic rings. The molecule has 0 amide bonds. The van der Waals surface area contributed by atoms with Crippen LogP contribution in [0.2, 0.25) is 0 Å². The van der Waals surface area contributed by atoms with E-state index in [1.807, 2.05) is 6.07 Å². The van der Waals surface area contributed by atoms with E-state index in [2.05, 4.69) is 176 Å². The summed E-state index contributed by atoms with van der Waals surface area (Å²) >= 11 is 0. The van der Waals surface area contributed by atoms with Crippen molar-refractivity contribution >= 4 is 28.5 Å². The van der Waals surface area contributed by atoms with Crippen LogP contribution in [0, 0.1) is 0 Å². The molecule has 0 heterocycles. The minimum Gasteiger partial charge on any atom is -0.497 e. The predicted molar refractivity (Wildman–Crippen MR) is 188 cm³/mol. The highest BCUT2D eigenvalue weighted by molar-refractivity contribution is 5.94. The summed E-state index contributed by atoms with van der Waals surface area (Å²) in [5.74, 6) is 1.01. The smallest absolute Gasteiger partial charge is 0.118 e. The predicted octanol–water partition coefficient (Wildman–Crippen LogP) is 11.0. The van der Waals surface area contributed by atoms with Crippen molar-refractivity contribution in [1.29, 1.82) is 0 Å². The first-order valence-electron chi connectivity index (χ1n) is 15.2. The zero-order valence-electron chi connectivity index (χ0n) is 25.0. The lowest BCUT2D eigenvalue weighted by Crippen LogP contribution is -2.04. The second-order valence-corrected chi connectivity index (χ2v) is 10.9. The molecular weight excluding hydrogens is 532 g/mol. The van der Waals surface area contributed by atoms with Crippen LogP contribution in [0.25, 0.3) is 28.5 Å². The summed E-state index contributed by atoms with van der Waals surface area (Å²) in [7, 11) is 1.71. The highest BCUT2D eigenvalue weighted by Crippen LogP contribution is 2.36. The Balaban J connectivity index is 1.45. The fourth-order valence-electron chi connectivity index (χ4n) is 5.77. The summed E-state index contributed by atoms with van der Waals surface area (Å²) in [5, 5.41) is 2.53. The van der Waals surface area contributed by atoms with Gasteiger partial charge in [0, 0.05) is 5.92 Å². The number of rotatable bonds is 10. The lowest BCUT2D eigenvalue weighted by atomic mass is 9.84. The lowest BCUT2D eigenvalue weighted by Gasteiger charge is -2.20. The molecule has 1 unspecified atom stereocenters. The molecule has 214 valence electrons. The van der Waals surface area contributed by atoms with Crippen LogP contribution < -0.4 is 4.74 Å². The van der Waals surface area contributed by atoms with Gasteiger partial charge in [-0.15, -0.1) is 0 Å². The Hall–Kier alpha value is -5.40. The van der Waals surface area contributed by atoms with E-state index in [0.717, 1.165) is 12.2 Å². The van der Waals surface area contributed by atoms with Gasteiger partial charge in [-0.1, -0.05) is 170 Å². The van der Waals surface area contributed by atoms with Gasteiger partial charge in [0.1, 0.15) is 5.75 Å². The molecular formula is C43H36O. The van der Waals surface area contributed by atoms with Crippen molar-refractivity contribution in [2.24, 2.45) is 0 Å². The van der Waals surface area contributed by atoms with Crippen LogP contribution in [-0.2, 0) is 6.42 Å². The molecule has 0 aliphatic heterocycles. The minimum absolute atomic E-state index is 0.139. The van der Waals surface area contributed by atoms with Crippen molar-refractivity contribution < 1.29 is 4.74 Å². The number of ether oxygens (including phenoxy) is 1. The van der Waals surface area contributed by atoms with E-state index in [0.29, 0.717) is 0 Å². The Kier molecular flexibility index (Phi) is 9.25. The topological polar surface area (TPSA) is 9.23 Å². The van der Waals surface area contributed by atoms with Crippen LogP contribution in [0.4, 0.5) is 0 Å². The summed E-state index contributed by atoms with van der Waals surface area (Å²) in [6, 6.07) is 53.7. The highest BCUT2D eigenvalue weighted by atomic mass is 16.5. The van der Waals surface area contributed by atoms with Gasteiger partial charge in [0.2, 0.25) is 0 Å². The van der Waals surface area contributed by atoms with Gasteiger partial charge in [-0.05, 0) is 68.3 Å². The van der Waals surface area contributed by atoms with E-state index in [9.17, 15) is 0 Å². The third-order valence-electron chi connectivity index (χ3n) is 8.02. The number of benzene rings is 6. The molecule has 0 saturated carbocycles. The molecule has 6 rings (SSSR count). The van der Waals surface area contributed by atoms with Gasteiger partial charge >= 0.3 is 0 Å². The first kappa shape index (κ1) is 28.7. The number of fused-ring (bicyclic) bond motifs is 1. The van der Waals surface area contributed by atoms with Crippen molar-refractivity contribution in [3.05, 3.63) is 203 Å². The van der Waals surface area contributed by atoms with Gasteiger partial charge < -0.3 is 4.74 Å². The summed E-state index contributed by atoms with van der Waals surface area (Å²) in [4.78, 5) is 0. The molecule has 0 saturated heterocycles. The maximum atomic E-state index is 5.45. The first-order chi connectivity index (χ1) is 21.8. The average molecular weight is 569 g/mol. The second kappa shape index (κ2) is 14.2. The summed E-state index contributed by atoms with van der Waals surface area (Å²) < 4.78 is 5.45. The highest BCUT2D eigenvalue weighted by Gasteiger charge is 2.17. The molecule has 0 spiro atoms. The van der Waals surface area contributed by atoms with Crippen molar-refractivity contribution in [3.63, 3.8) is 0 Å². The SMILES string of the molecule is COc1ccc(CC(C=C(c2ccccc2)c2ccccc2)c2ccc(C=CC=Cc3ccccc3)c3ccccc23)cc1. The van der Waals surface area contributed by atoms with Crippen LogP contribution in [0.5, 0.6) is 5.75 Å². The molecule has 6 aromatic carbocycles. The molecule has 0 aliphatic carbocycles. The standard InChI is InChI=1S/C43H36O/c1-44-39-28-25-34(26-29-39)31-38(32-43(35-18-7-3-8-19-35)36-20-9-4-10-21-36)41-30-27-37(40-23-13-14-24-42(40)41)22-12-11-17-33-15-5-2-6-16-33/h2-30,32,38H,31H2,1H3. The Bertz CT molecular complexity index is 1840. The monoisotopic (exact) mass is 568 g/mol. The van der Waals surface area contributed by atoms with E-state index in [1.54, 1.807) is 7.11 Å². The molecule has 0 fully saturated rings. The quantitative estimate of drug-likeness (QED) is 0.149. The van der Waals surface area contributed by atoms with E-state index in [-0.39, 0.29) is 5.92 Å². The normalized spacial score (nSPS) is 12.0. The second-order valence-electron chi connectivity index (χ2n) is 10.9. The van der Waals surface area contributed by atoms with Crippen molar-refractivity contribution in [2.45, 2.75) is 12.3 Å². The Morgan fingerprint density at radius 1 is 0.568 bits per heavy atom. The molecule has 1 atom stereocenters. The van der Waals surface area contributed by atoms with E-state index in [1.165, 1.54) is 49.7 Å². The maximum Gasteiger partial charge on any atom is 0.118 e. The molecule has 0 N–H and O–H groups in total. The number of hydrogen-bond acceptors (Lipinski definition) is 1. The Morgan fingerprint density at radius 2 is 1.14 bits per heavy atom. The van der Waals surface area contributed by atoms with E-state index < -0.39 is 0 Å². The fourth-order valence-corrected chi connectivity index (χ4v) is 5.77. The molecule has 0 aliphatic rings. The molecule has 0 bridgehead atoms. The van der Waals surface area contributed by atoms with Gasteiger partial charge in [-0.3, -0.25) is 0 Å². The fraction of sp³-hybridized carbons (Fsp3) is 0.0698. The number of hydrogen-bond donors (Lipinski definition) is 0. The molecule has 44 heavy (non-hydrogen) atoms. The molecule has 0 aromatic heterocycles. The molecule has 1 nitrogen and oxygen atoms in total. The first-order valence-corrected chi connectivity index (χ1v) is 15.2. The maximum absolute atomic E-state index is 5.45.